The van der Waals surface area contributed by atoms with Crippen LogP contribution in [-0.4, -0.2) is 4.98 Å². The third-order valence-electron chi connectivity index (χ3n) is 4.25. The van der Waals surface area contributed by atoms with Gasteiger partial charge < -0.3 is 8.83 Å². The molecule has 0 aliphatic rings. The molecule has 4 aromatic rings. The number of fused-ring (bicyclic) bond motifs is 2. The fraction of sp³-hybridized carbons (Fsp3) is 0.250. The van der Waals surface area contributed by atoms with Crippen molar-refractivity contribution in [1.82, 2.24) is 4.98 Å². The molecule has 0 atom stereocenters. The molecule has 3 heteroatoms. The van der Waals surface area contributed by atoms with E-state index in [4.69, 9.17) is 8.83 Å². The molecular weight excluding hydrogens is 286 g/mol. The lowest BCUT2D eigenvalue weighted by atomic mass is 9.87. The Balaban J connectivity index is 1.92. The molecule has 0 aliphatic heterocycles. The van der Waals surface area contributed by atoms with E-state index in [0.29, 0.717) is 11.7 Å². The van der Waals surface area contributed by atoms with E-state index >= 15 is 0 Å². The molecule has 0 aliphatic carbocycles. The fourth-order valence-corrected chi connectivity index (χ4v) is 2.90. The Morgan fingerprint density at radius 1 is 0.913 bits per heavy atom. The van der Waals surface area contributed by atoms with E-state index in [2.05, 4.69) is 44.0 Å². The Morgan fingerprint density at radius 2 is 1.65 bits per heavy atom. The van der Waals surface area contributed by atoms with Crippen molar-refractivity contribution in [3.05, 3.63) is 53.8 Å². The van der Waals surface area contributed by atoms with E-state index in [1.54, 1.807) is 0 Å². The van der Waals surface area contributed by atoms with Crippen LogP contribution in [0.5, 0.6) is 0 Å². The van der Waals surface area contributed by atoms with Gasteiger partial charge in [0.15, 0.2) is 11.3 Å². The summed E-state index contributed by atoms with van der Waals surface area (Å²) in [5.41, 5.74) is 2.98. The van der Waals surface area contributed by atoms with Crippen molar-refractivity contribution in [3.63, 3.8) is 0 Å². The van der Waals surface area contributed by atoms with E-state index in [1.807, 2.05) is 31.2 Å². The third kappa shape index (κ3) is 2.24. The van der Waals surface area contributed by atoms with Crippen molar-refractivity contribution < 1.29 is 8.83 Å². The summed E-state index contributed by atoms with van der Waals surface area (Å²) in [6.45, 7) is 8.54. The van der Waals surface area contributed by atoms with Gasteiger partial charge in [-0.15, -0.1) is 0 Å². The van der Waals surface area contributed by atoms with Crippen LogP contribution >= 0.6 is 0 Å². The van der Waals surface area contributed by atoms with Gasteiger partial charge >= 0.3 is 0 Å². The maximum Gasteiger partial charge on any atom is 0.264 e. The Hall–Kier alpha value is -2.55. The van der Waals surface area contributed by atoms with Crippen LogP contribution in [0, 0.1) is 6.92 Å². The lowest BCUT2D eigenvalue weighted by molar-refractivity contribution is 0.518. The van der Waals surface area contributed by atoms with Crippen LogP contribution in [-0.2, 0) is 5.41 Å². The smallest absolute Gasteiger partial charge is 0.264 e. The molecule has 0 unspecified atom stereocenters. The van der Waals surface area contributed by atoms with Gasteiger partial charge in [0.05, 0.1) is 0 Å². The average Bonchev–Trinajstić information content (AvgIpc) is 3.07. The van der Waals surface area contributed by atoms with Crippen LogP contribution < -0.4 is 0 Å². The molecule has 0 radical (unpaired) electrons. The number of benzene rings is 2. The summed E-state index contributed by atoms with van der Waals surface area (Å²) in [5.74, 6) is 2.12. The second-order valence-corrected chi connectivity index (χ2v) is 6.98. The Labute approximate surface area is 134 Å². The molecule has 4 rings (SSSR count). The van der Waals surface area contributed by atoms with E-state index in [0.717, 1.165) is 27.6 Å². The number of oxazole rings is 1. The SMILES string of the molecule is Cc1oc(-c2nc3cc(C(C)(C)C)ccc3o2)c2ccccc12. The first-order chi connectivity index (χ1) is 10.9. The average molecular weight is 305 g/mol. The summed E-state index contributed by atoms with van der Waals surface area (Å²) in [7, 11) is 0. The molecule has 0 bridgehead atoms. The van der Waals surface area contributed by atoms with Crippen molar-refractivity contribution in [2.75, 3.05) is 0 Å². The first-order valence-electron chi connectivity index (χ1n) is 7.83. The molecule has 2 aromatic heterocycles. The molecular formula is C20H19NO2. The van der Waals surface area contributed by atoms with Crippen molar-refractivity contribution in [2.24, 2.45) is 0 Å². The van der Waals surface area contributed by atoms with Crippen LogP contribution in [0.2, 0.25) is 0 Å². The van der Waals surface area contributed by atoms with Crippen LogP contribution in [0.25, 0.3) is 33.5 Å². The zero-order chi connectivity index (χ0) is 16.2. The van der Waals surface area contributed by atoms with Crippen molar-refractivity contribution in [2.45, 2.75) is 33.1 Å². The minimum absolute atomic E-state index is 0.0846. The summed E-state index contributed by atoms with van der Waals surface area (Å²) < 4.78 is 11.9. The molecule has 0 N–H and O–H groups in total. The maximum absolute atomic E-state index is 5.94. The number of aromatic nitrogens is 1. The summed E-state index contributed by atoms with van der Waals surface area (Å²) in [4.78, 5) is 4.66. The molecule has 3 nitrogen and oxygen atoms in total. The zero-order valence-electron chi connectivity index (χ0n) is 13.8. The second kappa shape index (κ2) is 4.72. The molecule has 2 aromatic carbocycles. The van der Waals surface area contributed by atoms with Crippen LogP contribution in [0.4, 0.5) is 0 Å². The quantitative estimate of drug-likeness (QED) is 0.443. The van der Waals surface area contributed by atoms with Crippen LogP contribution in [0.3, 0.4) is 0 Å². The summed E-state index contributed by atoms with van der Waals surface area (Å²) >= 11 is 0. The van der Waals surface area contributed by atoms with Gasteiger partial charge in [0.25, 0.3) is 5.89 Å². The van der Waals surface area contributed by atoms with Gasteiger partial charge in [-0.25, -0.2) is 4.98 Å². The van der Waals surface area contributed by atoms with Gasteiger partial charge in [-0.1, -0.05) is 51.1 Å². The van der Waals surface area contributed by atoms with Gasteiger partial charge in [-0.05, 0) is 30.0 Å². The highest BCUT2D eigenvalue weighted by atomic mass is 16.4. The number of hydrogen-bond donors (Lipinski definition) is 0. The second-order valence-electron chi connectivity index (χ2n) is 6.98. The highest BCUT2D eigenvalue weighted by molar-refractivity contribution is 5.95. The van der Waals surface area contributed by atoms with E-state index in [9.17, 15) is 0 Å². The first kappa shape index (κ1) is 14.1. The monoisotopic (exact) mass is 305 g/mol. The lowest BCUT2D eigenvalue weighted by Gasteiger charge is -2.18. The molecule has 0 fully saturated rings. The van der Waals surface area contributed by atoms with Crippen molar-refractivity contribution >= 4 is 21.9 Å². The summed E-state index contributed by atoms with van der Waals surface area (Å²) in [5, 5.41) is 2.13. The van der Waals surface area contributed by atoms with E-state index in [-0.39, 0.29) is 5.41 Å². The molecule has 0 saturated heterocycles. The van der Waals surface area contributed by atoms with Crippen LogP contribution in [0.1, 0.15) is 32.1 Å². The maximum atomic E-state index is 5.94. The molecule has 0 spiro atoms. The van der Waals surface area contributed by atoms with Gasteiger partial charge in [-0.3, -0.25) is 0 Å². The highest BCUT2D eigenvalue weighted by Crippen LogP contribution is 2.35. The number of nitrogens with zero attached hydrogens (tertiary/aromatic N) is 1. The first-order valence-corrected chi connectivity index (χ1v) is 7.83. The van der Waals surface area contributed by atoms with E-state index < -0.39 is 0 Å². The number of furan rings is 1. The van der Waals surface area contributed by atoms with Crippen molar-refractivity contribution in [3.8, 4) is 11.7 Å². The molecule has 116 valence electrons. The van der Waals surface area contributed by atoms with Gasteiger partial charge in [0.1, 0.15) is 11.3 Å². The summed E-state index contributed by atoms with van der Waals surface area (Å²) in [6, 6.07) is 14.3. The Bertz CT molecular complexity index is 1020. The van der Waals surface area contributed by atoms with Crippen molar-refractivity contribution in [1.29, 1.82) is 0 Å². The van der Waals surface area contributed by atoms with Gasteiger partial charge in [-0.2, -0.15) is 0 Å². The summed E-state index contributed by atoms with van der Waals surface area (Å²) in [6.07, 6.45) is 0. The Kier molecular flexibility index (Phi) is 2.89. The fourth-order valence-electron chi connectivity index (χ4n) is 2.90. The standard InChI is InChI=1S/C20H19NO2/c1-12-14-7-5-6-8-15(14)18(22-12)19-21-16-11-13(20(2,3)4)9-10-17(16)23-19/h5-11H,1-4H3. The Morgan fingerprint density at radius 3 is 2.39 bits per heavy atom. The minimum Gasteiger partial charge on any atom is -0.455 e. The van der Waals surface area contributed by atoms with E-state index in [1.165, 1.54) is 5.56 Å². The van der Waals surface area contributed by atoms with Gasteiger partial charge in [0.2, 0.25) is 0 Å². The number of aryl methyl sites for hydroxylation is 1. The number of rotatable bonds is 1. The number of hydrogen-bond acceptors (Lipinski definition) is 3. The zero-order valence-corrected chi connectivity index (χ0v) is 13.8. The van der Waals surface area contributed by atoms with Gasteiger partial charge in [0, 0.05) is 10.8 Å². The predicted octanol–water partition coefficient (Wildman–Crippen LogP) is 5.85. The lowest BCUT2D eigenvalue weighted by Crippen LogP contribution is -2.10. The highest BCUT2D eigenvalue weighted by Gasteiger charge is 2.19. The third-order valence-corrected chi connectivity index (χ3v) is 4.25. The topological polar surface area (TPSA) is 39.2 Å². The molecule has 23 heavy (non-hydrogen) atoms. The molecule has 0 amide bonds. The van der Waals surface area contributed by atoms with Crippen LogP contribution in [0.15, 0.2) is 51.3 Å². The molecule has 0 saturated carbocycles. The predicted molar refractivity (Wildman–Crippen MR) is 92.7 cm³/mol. The molecule has 2 heterocycles. The minimum atomic E-state index is 0.0846. The normalized spacial score (nSPS) is 12.3. The largest absolute Gasteiger partial charge is 0.455 e.